The fourth-order valence-electron chi connectivity index (χ4n) is 5.55. The standard InChI is InChI=1S/C31H35N5O2.2C4H4O4/c1-35(2)21-28-30(37-22-26-10-6-9-25(19-32)33-26)14-12-27-29(34-38-31(27)28)13-11-23-15-17-36(18-16-23)20-24-7-4-3-5-8-24;2*5-3(6)1-2-4(7)8/h3-10,12,14,23H,11,13,15-18,20-22H2,1-2H3;2*1-2H,(H,5,6)(H,7,8)/b;2*2-1+. The number of carboxylic acid groups (broad SMARTS) is 4. The van der Waals surface area contributed by atoms with Crippen molar-refractivity contribution in [2.24, 2.45) is 5.92 Å². The molecule has 1 aliphatic rings. The summed E-state index contributed by atoms with van der Waals surface area (Å²) in [7, 11) is 4.06. The number of pyridine rings is 1. The van der Waals surface area contributed by atoms with Gasteiger partial charge in [-0.05, 0) is 88.6 Å². The zero-order valence-corrected chi connectivity index (χ0v) is 30.0. The van der Waals surface area contributed by atoms with E-state index in [0.29, 0.717) is 48.2 Å². The number of likely N-dealkylation sites (tertiary alicyclic amines) is 1. The highest BCUT2D eigenvalue weighted by Gasteiger charge is 2.22. The fraction of sp³-hybridized carbons (Fsp3) is 0.308. The van der Waals surface area contributed by atoms with E-state index in [-0.39, 0.29) is 6.61 Å². The summed E-state index contributed by atoms with van der Waals surface area (Å²) in [5.74, 6) is -3.56. The molecule has 15 nitrogen and oxygen atoms in total. The number of aliphatic carboxylic acids is 4. The monoisotopic (exact) mass is 741 g/mol. The Hall–Kier alpha value is -6.37. The number of carboxylic acids is 4. The maximum absolute atomic E-state index is 9.55. The number of aromatic nitrogens is 2. The molecular formula is C39H43N5O10. The van der Waals surface area contributed by atoms with Crippen molar-refractivity contribution in [3.05, 3.63) is 113 Å². The van der Waals surface area contributed by atoms with Crippen LogP contribution in [0.25, 0.3) is 11.0 Å². The van der Waals surface area contributed by atoms with E-state index >= 15 is 0 Å². The Morgan fingerprint density at radius 3 is 2.06 bits per heavy atom. The largest absolute Gasteiger partial charge is 0.487 e. The Bertz CT molecular complexity index is 1890. The molecule has 54 heavy (non-hydrogen) atoms. The SMILES string of the molecule is CN(C)Cc1c(OCc2cccc(C#N)n2)ccc2c(CCC3CCN(Cc4ccccc4)CC3)noc12.O=C(O)/C=C/C(=O)O.O=C(O)/C=C/C(=O)O. The normalized spacial score (nSPS) is 13.1. The molecule has 15 heteroatoms. The van der Waals surface area contributed by atoms with Crippen LogP contribution in [0.2, 0.25) is 0 Å². The van der Waals surface area contributed by atoms with E-state index in [1.165, 1.54) is 18.4 Å². The number of carbonyl (C=O) groups is 4. The van der Waals surface area contributed by atoms with Gasteiger partial charge in [0.1, 0.15) is 24.1 Å². The van der Waals surface area contributed by atoms with Crippen molar-refractivity contribution >= 4 is 34.8 Å². The Labute approximate surface area is 312 Å². The summed E-state index contributed by atoms with van der Waals surface area (Å²) in [6, 6.07) is 22.3. The maximum Gasteiger partial charge on any atom is 0.328 e. The minimum atomic E-state index is -1.26. The third kappa shape index (κ3) is 15.1. The molecule has 0 amide bonds. The molecule has 1 fully saturated rings. The molecule has 2 aromatic heterocycles. The van der Waals surface area contributed by atoms with Crippen LogP contribution in [0.1, 0.15) is 47.5 Å². The molecule has 1 saturated heterocycles. The first-order valence-corrected chi connectivity index (χ1v) is 16.9. The number of hydrogen-bond acceptors (Lipinski definition) is 11. The molecule has 284 valence electrons. The third-order valence-corrected chi connectivity index (χ3v) is 8.03. The average Bonchev–Trinajstić information content (AvgIpc) is 3.57. The van der Waals surface area contributed by atoms with Gasteiger partial charge < -0.3 is 34.6 Å². The van der Waals surface area contributed by atoms with Crippen LogP contribution >= 0.6 is 0 Å². The van der Waals surface area contributed by atoms with Crippen molar-refractivity contribution in [1.29, 1.82) is 5.26 Å². The summed E-state index contributed by atoms with van der Waals surface area (Å²) in [6.45, 7) is 4.30. The van der Waals surface area contributed by atoms with Crippen molar-refractivity contribution < 1.29 is 48.9 Å². The molecule has 0 unspecified atom stereocenters. The zero-order valence-electron chi connectivity index (χ0n) is 30.0. The molecule has 0 saturated carbocycles. The highest BCUT2D eigenvalue weighted by Crippen LogP contribution is 2.33. The van der Waals surface area contributed by atoms with E-state index in [2.05, 4.69) is 62.4 Å². The lowest BCUT2D eigenvalue weighted by Gasteiger charge is -2.31. The smallest absolute Gasteiger partial charge is 0.328 e. The maximum atomic E-state index is 9.55. The quantitative estimate of drug-likeness (QED) is 0.125. The zero-order chi connectivity index (χ0) is 39.5. The summed E-state index contributed by atoms with van der Waals surface area (Å²) in [5, 5.41) is 45.9. The van der Waals surface area contributed by atoms with Gasteiger partial charge in [0.05, 0.1) is 17.0 Å². The fourth-order valence-corrected chi connectivity index (χ4v) is 5.55. The van der Waals surface area contributed by atoms with Crippen molar-refractivity contribution in [3.63, 3.8) is 0 Å². The van der Waals surface area contributed by atoms with Crippen LogP contribution in [0, 0.1) is 17.2 Å². The van der Waals surface area contributed by atoms with Crippen LogP contribution in [0.3, 0.4) is 0 Å². The number of nitriles is 1. The predicted octanol–water partition coefficient (Wildman–Crippen LogP) is 5.00. The Morgan fingerprint density at radius 1 is 0.889 bits per heavy atom. The number of benzene rings is 2. The highest BCUT2D eigenvalue weighted by atomic mass is 16.5. The van der Waals surface area contributed by atoms with Gasteiger partial charge in [-0.2, -0.15) is 5.26 Å². The number of hydrogen-bond donors (Lipinski definition) is 4. The number of fused-ring (bicyclic) bond motifs is 1. The molecule has 0 atom stereocenters. The number of ether oxygens (including phenoxy) is 1. The summed E-state index contributed by atoms with van der Waals surface area (Å²) in [6.07, 6.45) is 6.74. The number of rotatable bonds is 14. The summed E-state index contributed by atoms with van der Waals surface area (Å²) < 4.78 is 12.1. The van der Waals surface area contributed by atoms with E-state index in [1.807, 2.05) is 32.3 Å². The van der Waals surface area contributed by atoms with Crippen molar-refractivity contribution in [2.75, 3.05) is 27.2 Å². The van der Waals surface area contributed by atoms with Gasteiger partial charge in [-0.1, -0.05) is 41.6 Å². The van der Waals surface area contributed by atoms with Crippen LogP contribution in [-0.4, -0.2) is 91.4 Å². The minimum absolute atomic E-state index is 0.283. The lowest BCUT2D eigenvalue weighted by Crippen LogP contribution is -2.33. The summed E-state index contributed by atoms with van der Waals surface area (Å²) in [4.78, 5) is 47.2. The van der Waals surface area contributed by atoms with E-state index in [0.717, 1.165) is 60.5 Å². The summed E-state index contributed by atoms with van der Waals surface area (Å²) >= 11 is 0. The van der Waals surface area contributed by atoms with E-state index in [4.69, 9.17) is 34.9 Å². The van der Waals surface area contributed by atoms with Crippen molar-refractivity contribution in [3.8, 4) is 11.8 Å². The molecule has 2 aromatic carbocycles. The molecule has 0 bridgehead atoms. The van der Waals surface area contributed by atoms with Gasteiger partial charge in [0.2, 0.25) is 0 Å². The second kappa shape index (κ2) is 21.9. The van der Waals surface area contributed by atoms with Gasteiger partial charge in [0, 0.05) is 42.8 Å². The van der Waals surface area contributed by atoms with E-state index < -0.39 is 23.9 Å². The van der Waals surface area contributed by atoms with Crippen LogP contribution in [0.15, 0.2) is 89.5 Å². The van der Waals surface area contributed by atoms with Crippen molar-refractivity contribution in [1.82, 2.24) is 19.9 Å². The molecule has 4 N–H and O–H groups in total. The van der Waals surface area contributed by atoms with Gasteiger partial charge in [-0.25, -0.2) is 24.2 Å². The first-order chi connectivity index (χ1) is 25.8. The molecule has 0 aliphatic carbocycles. The van der Waals surface area contributed by atoms with Gasteiger partial charge in [-0.15, -0.1) is 0 Å². The van der Waals surface area contributed by atoms with Crippen LogP contribution in [0.4, 0.5) is 0 Å². The molecule has 1 aliphatic heterocycles. The third-order valence-electron chi connectivity index (χ3n) is 8.03. The molecule has 0 spiro atoms. The topological polar surface area (TPSA) is 228 Å². The predicted molar refractivity (Wildman–Crippen MR) is 196 cm³/mol. The highest BCUT2D eigenvalue weighted by molar-refractivity contribution is 5.90. The number of aryl methyl sites for hydroxylation is 1. The Kier molecular flexibility index (Phi) is 17.0. The first-order valence-electron chi connectivity index (χ1n) is 16.9. The molecule has 5 rings (SSSR count). The van der Waals surface area contributed by atoms with Crippen LogP contribution in [-0.2, 0) is 45.3 Å². The average molecular weight is 742 g/mol. The minimum Gasteiger partial charge on any atom is -0.487 e. The molecular weight excluding hydrogens is 698 g/mol. The number of piperidine rings is 1. The molecule has 4 aromatic rings. The summed E-state index contributed by atoms with van der Waals surface area (Å²) in [5.41, 5.74) is 5.30. The van der Waals surface area contributed by atoms with Gasteiger partial charge in [-0.3, -0.25) is 4.90 Å². The van der Waals surface area contributed by atoms with E-state index in [1.54, 1.807) is 6.07 Å². The van der Waals surface area contributed by atoms with Crippen LogP contribution < -0.4 is 4.74 Å². The van der Waals surface area contributed by atoms with Crippen LogP contribution in [0.5, 0.6) is 5.75 Å². The second-order valence-electron chi connectivity index (χ2n) is 12.5. The van der Waals surface area contributed by atoms with Gasteiger partial charge in [0.15, 0.2) is 5.58 Å². The first kappa shape index (κ1) is 42.0. The lowest BCUT2D eigenvalue weighted by molar-refractivity contribution is -0.134. The van der Waals surface area contributed by atoms with Gasteiger partial charge in [0.25, 0.3) is 0 Å². The number of nitrogens with zero attached hydrogens (tertiary/aromatic N) is 5. The van der Waals surface area contributed by atoms with E-state index in [9.17, 15) is 19.2 Å². The molecule has 0 radical (unpaired) electrons. The Balaban J connectivity index is 0.000000410. The van der Waals surface area contributed by atoms with Crippen molar-refractivity contribution in [2.45, 2.75) is 45.4 Å². The second-order valence-corrected chi connectivity index (χ2v) is 12.5. The van der Waals surface area contributed by atoms with Gasteiger partial charge >= 0.3 is 23.9 Å². The lowest BCUT2D eigenvalue weighted by atomic mass is 9.91. The Morgan fingerprint density at radius 2 is 1.50 bits per heavy atom. The molecule has 3 heterocycles.